The first-order chi connectivity index (χ1) is 8.11. The van der Waals surface area contributed by atoms with Gasteiger partial charge in [0.15, 0.2) is 11.5 Å². The van der Waals surface area contributed by atoms with Crippen LogP contribution in [0.2, 0.25) is 0 Å². The molecule has 0 aromatic heterocycles. The number of aromatic hydroxyl groups is 2. The Labute approximate surface area is 127 Å². The fourth-order valence-corrected chi connectivity index (χ4v) is 1.04. The van der Waals surface area contributed by atoms with Crippen molar-refractivity contribution in [3.63, 3.8) is 0 Å². The summed E-state index contributed by atoms with van der Waals surface area (Å²) in [6.07, 6.45) is 0. The van der Waals surface area contributed by atoms with Crippen molar-refractivity contribution in [3.05, 3.63) is 60.2 Å². The minimum Gasteiger partial charge on any atom is -0.545 e. The van der Waals surface area contributed by atoms with E-state index in [9.17, 15) is 9.90 Å². The van der Waals surface area contributed by atoms with Crippen LogP contribution >= 0.6 is 0 Å². The van der Waals surface area contributed by atoms with Crippen LogP contribution in [0.25, 0.3) is 0 Å². The summed E-state index contributed by atoms with van der Waals surface area (Å²) in [5, 5.41) is 27.4. The summed E-state index contributed by atoms with van der Waals surface area (Å²) in [7, 11) is 0. The first-order valence-corrected chi connectivity index (χ1v) is 4.84. The number of carboxylic acids is 1. The largest absolute Gasteiger partial charge is 1.00 e. The Morgan fingerprint density at radius 3 is 1.50 bits per heavy atom. The Morgan fingerprint density at radius 1 is 0.833 bits per heavy atom. The molecule has 2 aromatic carbocycles. The summed E-state index contributed by atoms with van der Waals surface area (Å²) in [6.45, 7) is 0. The monoisotopic (exact) mass is 254 g/mol. The molecule has 0 spiro atoms. The molecular formula is C13H11NaO4. The molecule has 0 aliphatic heterocycles. The minimum absolute atomic E-state index is 0. The second-order valence-electron chi connectivity index (χ2n) is 3.14. The molecule has 88 valence electrons. The first-order valence-electron chi connectivity index (χ1n) is 4.84. The Morgan fingerprint density at radius 2 is 1.22 bits per heavy atom. The van der Waals surface area contributed by atoms with Gasteiger partial charge in [0.1, 0.15) is 0 Å². The third-order valence-corrected chi connectivity index (χ3v) is 1.89. The molecule has 0 atom stereocenters. The zero-order valence-corrected chi connectivity index (χ0v) is 11.9. The molecule has 0 aliphatic carbocycles. The smallest absolute Gasteiger partial charge is 0.545 e. The summed E-state index contributed by atoms with van der Waals surface area (Å²) in [6, 6.07) is 14.2. The molecule has 0 unspecified atom stereocenters. The average Bonchev–Trinajstić information content (AvgIpc) is 2.35. The number of carboxylic acid groups (broad SMARTS) is 1. The number of rotatable bonds is 1. The molecule has 0 heterocycles. The van der Waals surface area contributed by atoms with Gasteiger partial charge in [-0.3, -0.25) is 0 Å². The van der Waals surface area contributed by atoms with Crippen LogP contribution in [0.4, 0.5) is 0 Å². The summed E-state index contributed by atoms with van der Waals surface area (Å²) in [5.74, 6) is -1.28. The third-order valence-electron chi connectivity index (χ3n) is 1.89. The maximum absolute atomic E-state index is 10.1. The van der Waals surface area contributed by atoms with E-state index < -0.39 is 5.97 Å². The molecular weight excluding hydrogens is 243 g/mol. The summed E-state index contributed by atoms with van der Waals surface area (Å²) in [5.41, 5.74) is 0.220. The second-order valence-corrected chi connectivity index (χ2v) is 3.14. The van der Waals surface area contributed by atoms with Gasteiger partial charge in [0.25, 0.3) is 0 Å². The van der Waals surface area contributed by atoms with E-state index in [4.69, 9.17) is 10.2 Å². The van der Waals surface area contributed by atoms with E-state index in [1.165, 1.54) is 24.3 Å². The molecule has 0 amide bonds. The molecule has 0 bridgehead atoms. The minimum atomic E-state index is -1.13. The summed E-state index contributed by atoms with van der Waals surface area (Å²) < 4.78 is 0. The Hall–Kier alpha value is -1.49. The van der Waals surface area contributed by atoms with Crippen LogP contribution in [0.3, 0.4) is 0 Å². The average molecular weight is 254 g/mol. The van der Waals surface area contributed by atoms with E-state index in [0.29, 0.717) is 0 Å². The normalized spacial score (nSPS) is 8.44. The molecule has 2 aromatic rings. The van der Waals surface area contributed by atoms with Gasteiger partial charge in [0.2, 0.25) is 0 Å². The Bertz CT molecular complexity index is 464. The predicted octanol–water partition coefficient (Wildman–Crippen LogP) is -1.85. The maximum Gasteiger partial charge on any atom is 1.00 e. The van der Waals surface area contributed by atoms with Gasteiger partial charge in [-0.1, -0.05) is 42.5 Å². The molecule has 0 saturated carbocycles. The van der Waals surface area contributed by atoms with Crippen LogP contribution < -0.4 is 34.7 Å². The third kappa shape index (κ3) is 5.72. The fourth-order valence-electron chi connectivity index (χ4n) is 1.04. The zero-order chi connectivity index (χ0) is 12.7. The quantitative estimate of drug-likeness (QED) is 0.462. The predicted molar refractivity (Wildman–Crippen MR) is 60.5 cm³/mol. The molecule has 0 radical (unpaired) electrons. The molecule has 2 N–H and O–H groups in total. The maximum atomic E-state index is 10.1. The van der Waals surface area contributed by atoms with Crippen LogP contribution in [-0.4, -0.2) is 16.2 Å². The van der Waals surface area contributed by atoms with Gasteiger partial charge in [-0.05, 0) is 17.7 Å². The van der Waals surface area contributed by atoms with Crippen LogP contribution in [0.5, 0.6) is 11.5 Å². The van der Waals surface area contributed by atoms with Gasteiger partial charge in [0, 0.05) is 0 Å². The number of carbonyl (C=O) groups excluding carboxylic acids is 1. The van der Waals surface area contributed by atoms with Crippen molar-refractivity contribution in [3.8, 4) is 11.5 Å². The van der Waals surface area contributed by atoms with Crippen molar-refractivity contribution < 1.29 is 49.7 Å². The van der Waals surface area contributed by atoms with Crippen LogP contribution in [0.15, 0.2) is 54.6 Å². The van der Waals surface area contributed by atoms with E-state index in [2.05, 4.69) is 0 Å². The Kier molecular flexibility index (Phi) is 7.87. The van der Waals surface area contributed by atoms with Crippen molar-refractivity contribution >= 4 is 5.97 Å². The van der Waals surface area contributed by atoms with Gasteiger partial charge in [-0.15, -0.1) is 0 Å². The second kappa shape index (κ2) is 8.58. The number of benzene rings is 2. The van der Waals surface area contributed by atoms with E-state index in [0.717, 1.165) is 0 Å². The number of carbonyl (C=O) groups is 1. The zero-order valence-electron chi connectivity index (χ0n) is 9.91. The van der Waals surface area contributed by atoms with Gasteiger partial charge in [-0.25, -0.2) is 0 Å². The van der Waals surface area contributed by atoms with Gasteiger partial charge in [0.05, 0.1) is 5.97 Å². The van der Waals surface area contributed by atoms with Gasteiger partial charge < -0.3 is 20.1 Å². The molecule has 5 heteroatoms. The topological polar surface area (TPSA) is 80.6 Å². The van der Waals surface area contributed by atoms with E-state index >= 15 is 0 Å². The Balaban J connectivity index is 0.000000306. The first kappa shape index (κ1) is 16.5. The van der Waals surface area contributed by atoms with Gasteiger partial charge >= 0.3 is 29.6 Å². The number of aromatic carboxylic acids is 1. The standard InChI is InChI=1S/C7H6O2.C6H6O2.Na/c8-7(9)6-4-2-1-3-5-6;7-5-3-1-2-4-6(5)8;/h1-5H,(H,8,9);1-4,7-8H;/q;;+1/p-1. The summed E-state index contributed by atoms with van der Waals surface area (Å²) >= 11 is 0. The number of hydrogen-bond donors (Lipinski definition) is 2. The fraction of sp³-hybridized carbons (Fsp3) is 0. The van der Waals surface area contributed by atoms with Crippen molar-refractivity contribution in [1.82, 2.24) is 0 Å². The number of phenolic OH excluding ortho intramolecular Hbond substituents is 2. The molecule has 0 aliphatic rings. The van der Waals surface area contributed by atoms with Crippen LogP contribution in [0.1, 0.15) is 10.4 Å². The van der Waals surface area contributed by atoms with Crippen molar-refractivity contribution in [2.45, 2.75) is 0 Å². The van der Waals surface area contributed by atoms with Crippen molar-refractivity contribution in [2.75, 3.05) is 0 Å². The van der Waals surface area contributed by atoms with Crippen molar-refractivity contribution in [2.24, 2.45) is 0 Å². The number of hydrogen-bond acceptors (Lipinski definition) is 4. The SMILES string of the molecule is O=C([O-])c1ccccc1.Oc1ccccc1O.[Na+]. The van der Waals surface area contributed by atoms with E-state index in [1.807, 2.05) is 0 Å². The number of para-hydroxylation sites is 2. The van der Waals surface area contributed by atoms with Crippen LogP contribution in [-0.2, 0) is 0 Å². The van der Waals surface area contributed by atoms with Crippen molar-refractivity contribution in [1.29, 1.82) is 0 Å². The molecule has 4 nitrogen and oxygen atoms in total. The summed E-state index contributed by atoms with van der Waals surface area (Å²) in [4.78, 5) is 10.1. The molecule has 0 saturated heterocycles. The molecule has 18 heavy (non-hydrogen) atoms. The van der Waals surface area contributed by atoms with E-state index in [1.54, 1.807) is 30.3 Å². The van der Waals surface area contributed by atoms with Gasteiger partial charge in [-0.2, -0.15) is 0 Å². The van der Waals surface area contributed by atoms with E-state index in [-0.39, 0.29) is 46.6 Å². The van der Waals surface area contributed by atoms with Crippen LogP contribution in [0, 0.1) is 0 Å². The molecule has 0 fully saturated rings. The molecule has 2 rings (SSSR count). The number of phenols is 2.